The molecule has 0 spiro atoms. The minimum Gasteiger partial charge on any atom is -0.492 e. The van der Waals surface area contributed by atoms with Crippen LogP contribution in [0.1, 0.15) is 47.3 Å². The smallest absolute Gasteiger partial charge is 0.255 e. The van der Waals surface area contributed by atoms with Gasteiger partial charge in [0.2, 0.25) is 11.8 Å². The summed E-state index contributed by atoms with van der Waals surface area (Å²) in [4.78, 5) is 43.0. The average molecular weight is 528 g/mol. The second kappa shape index (κ2) is 11.5. The fourth-order valence-electron chi connectivity index (χ4n) is 5.17. The van der Waals surface area contributed by atoms with E-state index in [1.807, 2.05) is 43.3 Å². The number of carbonyl (C=O) groups excluding carboxylic acids is 3. The van der Waals surface area contributed by atoms with E-state index in [4.69, 9.17) is 10.5 Å². The first-order chi connectivity index (χ1) is 17.4. The highest BCUT2D eigenvalue weighted by Gasteiger charge is 2.39. The Labute approximate surface area is 223 Å². The standard InChI is InChI=1S/C27H33N5O4.ClH/c1-18(28)19-3-2-4-22(16-19)36-14-13-30-9-11-31(12-10-30)21-5-6-23-20(15-21)17-32(27(23)35)24-7-8-25(33)29-26(24)34;/h2-6,15-16,18,24H,7-14,17,28H2,1H3,(H,29,33,34);1H/t18-,24?;/m1./s1. The number of amides is 3. The predicted octanol–water partition coefficient (Wildman–Crippen LogP) is 2.09. The Bertz CT molecular complexity index is 1170. The molecule has 10 heteroatoms. The Balaban J connectivity index is 0.00000320. The average Bonchev–Trinajstić information content (AvgIpc) is 3.20. The molecule has 0 bridgehead atoms. The quantitative estimate of drug-likeness (QED) is 0.531. The molecule has 2 fully saturated rings. The van der Waals surface area contributed by atoms with Crippen LogP contribution in [0.4, 0.5) is 5.69 Å². The van der Waals surface area contributed by atoms with Crippen LogP contribution >= 0.6 is 12.4 Å². The second-order valence-corrected chi connectivity index (χ2v) is 9.78. The molecule has 1 unspecified atom stereocenters. The minimum absolute atomic E-state index is 0. The van der Waals surface area contributed by atoms with Crippen LogP contribution in [0.3, 0.4) is 0 Å². The van der Waals surface area contributed by atoms with Crippen LogP contribution < -0.4 is 20.7 Å². The summed E-state index contributed by atoms with van der Waals surface area (Å²) in [6, 6.07) is 13.3. The number of piperazine rings is 1. The molecule has 5 rings (SSSR count). The summed E-state index contributed by atoms with van der Waals surface area (Å²) in [6.45, 7) is 7.49. The number of benzene rings is 2. The van der Waals surface area contributed by atoms with Crippen molar-refractivity contribution in [3.8, 4) is 5.75 Å². The van der Waals surface area contributed by atoms with E-state index in [2.05, 4.69) is 21.2 Å². The normalized spacial score (nSPS) is 20.8. The number of fused-ring (bicyclic) bond motifs is 1. The maximum absolute atomic E-state index is 12.9. The number of rotatable bonds is 7. The number of nitrogens with zero attached hydrogens (tertiary/aromatic N) is 3. The largest absolute Gasteiger partial charge is 0.492 e. The topological polar surface area (TPSA) is 108 Å². The molecule has 3 aliphatic rings. The molecule has 2 saturated heterocycles. The van der Waals surface area contributed by atoms with Crippen LogP contribution in [0, 0.1) is 0 Å². The van der Waals surface area contributed by atoms with Crippen molar-refractivity contribution in [2.24, 2.45) is 5.73 Å². The molecule has 2 aromatic carbocycles. The lowest BCUT2D eigenvalue weighted by molar-refractivity contribution is -0.136. The van der Waals surface area contributed by atoms with E-state index in [0.717, 1.165) is 55.3 Å². The molecule has 0 aliphatic carbocycles. The predicted molar refractivity (Wildman–Crippen MR) is 143 cm³/mol. The molecular formula is C27H34ClN5O4. The zero-order valence-corrected chi connectivity index (χ0v) is 21.8. The highest BCUT2D eigenvalue weighted by Crippen LogP contribution is 2.31. The number of carbonyl (C=O) groups is 3. The maximum atomic E-state index is 12.9. The Morgan fingerprint density at radius 3 is 2.59 bits per heavy atom. The summed E-state index contributed by atoms with van der Waals surface area (Å²) in [6.07, 6.45) is 0.636. The summed E-state index contributed by atoms with van der Waals surface area (Å²) >= 11 is 0. The molecule has 9 nitrogen and oxygen atoms in total. The lowest BCUT2D eigenvalue weighted by atomic mass is 10.0. The zero-order chi connectivity index (χ0) is 25.2. The Kier molecular flexibility index (Phi) is 8.36. The molecule has 3 N–H and O–H groups in total. The first-order valence-corrected chi connectivity index (χ1v) is 12.6. The molecule has 2 atom stereocenters. The van der Waals surface area contributed by atoms with Gasteiger partial charge in [0.25, 0.3) is 5.91 Å². The van der Waals surface area contributed by atoms with Gasteiger partial charge in [-0.05, 0) is 54.8 Å². The minimum atomic E-state index is -0.585. The number of halogens is 1. The Hall–Kier alpha value is -3.14. The first-order valence-electron chi connectivity index (χ1n) is 12.6. The van der Waals surface area contributed by atoms with Gasteiger partial charge in [-0.15, -0.1) is 12.4 Å². The van der Waals surface area contributed by atoms with Gasteiger partial charge in [-0.25, -0.2) is 0 Å². The van der Waals surface area contributed by atoms with E-state index in [0.29, 0.717) is 25.1 Å². The van der Waals surface area contributed by atoms with E-state index < -0.39 is 6.04 Å². The van der Waals surface area contributed by atoms with Crippen molar-refractivity contribution in [1.82, 2.24) is 15.1 Å². The van der Waals surface area contributed by atoms with Gasteiger partial charge < -0.3 is 20.3 Å². The Morgan fingerprint density at radius 2 is 1.86 bits per heavy atom. The third kappa shape index (κ3) is 5.89. The van der Waals surface area contributed by atoms with Crippen LogP contribution in [-0.2, 0) is 16.1 Å². The van der Waals surface area contributed by atoms with Gasteiger partial charge >= 0.3 is 0 Å². The number of hydrogen-bond acceptors (Lipinski definition) is 7. The van der Waals surface area contributed by atoms with Crippen molar-refractivity contribution in [3.63, 3.8) is 0 Å². The highest BCUT2D eigenvalue weighted by atomic mass is 35.5. The van der Waals surface area contributed by atoms with Crippen LogP contribution in [0.2, 0.25) is 0 Å². The zero-order valence-electron chi connectivity index (χ0n) is 21.0. The van der Waals surface area contributed by atoms with Crippen molar-refractivity contribution >= 4 is 35.8 Å². The number of imide groups is 1. The number of anilines is 1. The molecule has 3 heterocycles. The summed E-state index contributed by atoms with van der Waals surface area (Å²) < 4.78 is 5.95. The van der Waals surface area contributed by atoms with Crippen LogP contribution in [-0.4, -0.2) is 72.9 Å². The third-order valence-electron chi connectivity index (χ3n) is 7.30. The van der Waals surface area contributed by atoms with Crippen molar-refractivity contribution in [3.05, 3.63) is 59.2 Å². The molecule has 0 aromatic heterocycles. The maximum Gasteiger partial charge on any atom is 0.255 e. The van der Waals surface area contributed by atoms with Crippen molar-refractivity contribution in [1.29, 1.82) is 0 Å². The molecule has 3 amide bonds. The summed E-state index contributed by atoms with van der Waals surface area (Å²) in [5, 5.41) is 2.35. The van der Waals surface area contributed by atoms with Crippen molar-refractivity contribution in [2.45, 2.75) is 38.4 Å². The molecule has 3 aliphatic heterocycles. The van der Waals surface area contributed by atoms with Crippen LogP contribution in [0.5, 0.6) is 5.75 Å². The van der Waals surface area contributed by atoms with Crippen molar-refractivity contribution < 1.29 is 19.1 Å². The fourth-order valence-corrected chi connectivity index (χ4v) is 5.17. The van der Waals surface area contributed by atoms with E-state index in [9.17, 15) is 14.4 Å². The van der Waals surface area contributed by atoms with Crippen LogP contribution in [0.25, 0.3) is 0 Å². The van der Waals surface area contributed by atoms with Crippen LogP contribution in [0.15, 0.2) is 42.5 Å². The van der Waals surface area contributed by atoms with E-state index >= 15 is 0 Å². The first kappa shape index (κ1) is 26.9. The molecule has 198 valence electrons. The van der Waals surface area contributed by atoms with E-state index in [1.165, 1.54) is 0 Å². The van der Waals surface area contributed by atoms with Gasteiger partial charge in [0.1, 0.15) is 18.4 Å². The molecular weight excluding hydrogens is 494 g/mol. The van der Waals surface area contributed by atoms with Gasteiger partial charge in [0, 0.05) is 63.0 Å². The van der Waals surface area contributed by atoms with Crippen molar-refractivity contribution in [2.75, 3.05) is 44.2 Å². The summed E-state index contributed by atoms with van der Waals surface area (Å²) in [5.41, 5.74) is 9.70. The van der Waals surface area contributed by atoms with E-state index in [1.54, 1.807) is 4.90 Å². The summed E-state index contributed by atoms with van der Waals surface area (Å²) in [7, 11) is 0. The molecule has 2 aromatic rings. The number of nitrogens with two attached hydrogens (primary N) is 1. The monoisotopic (exact) mass is 527 g/mol. The van der Waals surface area contributed by atoms with Gasteiger partial charge in [0.05, 0.1) is 0 Å². The molecule has 0 radical (unpaired) electrons. The number of hydrogen-bond donors (Lipinski definition) is 2. The fraction of sp³-hybridized carbons (Fsp3) is 0.444. The Morgan fingerprint density at radius 1 is 1.08 bits per heavy atom. The van der Waals surface area contributed by atoms with Gasteiger partial charge in [-0.3, -0.25) is 24.6 Å². The lowest BCUT2D eigenvalue weighted by Gasteiger charge is -2.36. The number of nitrogens with one attached hydrogen (secondary N) is 1. The highest BCUT2D eigenvalue weighted by molar-refractivity contribution is 6.05. The SMILES string of the molecule is C[C@@H](N)c1cccc(OCCN2CCN(c3ccc4c(c3)CN(C3CCC(=O)NC3=O)C4=O)CC2)c1.Cl. The second-order valence-electron chi connectivity index (χ2n) is 9.78. The number of piperidine rings is 1. The van der Waals surface area contributed by atoms with E-state index in [-0.39, 0.29) is 42.6 Å². The molecule has 37 heavy (non-hydrogen) atoms. The lowest BCUT2D eigenvalue weighted by Crippen LogP contribution is -2.52. The number of ether oxygens (including phenoxy) is 1. The molecule has 0 saturated carbocycles. The van der Waals surface area contributed by atoms with Gasteiger partial charge in [0.15, 0.2) is 0 Å². The van der Waals surface area contributed by atoms with Gasteiger partial charge in [-0.1, -0.05) is 12.1 Å². The summed E-state index contributed by atoms with van der Waals surface area (Å²) in [5.74, 6) is 0.0583. The van der Waals surface area contributed by atoms with Gasteiger partial charge in [-0.2, -0.15) is 0 Å². The third-order valence-corrected chi connectivity index (χ3v) is 7.30.